The smallest absolute Gasteiger partial charge is 0.0622 e. The Balaban J connectivity index is 2.40. The van der Waals surface area contributed by atoms with E-state index in [0.29, 0.717) is 12.5 Å². The highest BCUT2D eigenvalue weighted by molar-refractivity contribution is 5.18. The number of nitriles is 1. The second kappa shape index (κ2) is 7.03. The van der Waals surface area contributed by atoms with Gasteiger partial charge in [0, 0.05) is 12.5 Å². The van der Waals surface area contributed by atoms with Gasteiger partial charge in [0.05, 0.1) is 6.07 Å². The summed E-state index contributed by atoms with van der Waals surface area (Å²) in [4.78, 5) is 0. The first-order valence-electron chi connectivity index (χ1n) is 5.53. The Morgan fingerprint density at radius 1 is 1.33 bits per heavy atom. The van der Waals surface area contributed by atoms with Crippen LogP contribution in [-0.2, 0) is 0 Å². The molecule has 0 saturated heterocycles. The number of nitrogens with one attached hydrogen (secondary N) is 1. The maximum Gasteiger partial charge on any atom is 0.0622 e. The zero-order chi connectivity index (χ0) is 10.9. The fraction of sp³-hybridized carbons (Fsp3) is 0.462. The summed E-state index contributed by atoms with van der Waals surface area (Å²) < 4.78 is 0. The average Bonchev–Trinajstić information content (AvgIpc) is 2.30. The van der Waals surface area contributed by atoms with Crippen LogP contribution in [0, 0.1) is 11.3 Å². The van der Waals surface area contributed by atoms with Crippen molar-refractivity contribution in [1.29, 1.82) is 5.26 Å². The fourth-order valence-corrected chi connectivity index (χ4v) is 1.63. The van der Waals surface area contributed by atoms with Crippen LogP contribution in [-0.4, -0.2) is 6.54 Å². The SMILES string of the molecule is CCC(NCCCC#N)c1ccccc1. The molecule has 0 aliphatic rings. The summed E-state index contributed by atoms with van der Waals surface area (Å²) in [7, 11) is 0. The van der Waals surface area contributed by atoms with Gasteiger partial charge < -0.3 is 5.32 Å². The molecule has 1 unspecified atom stereocenters. The molecule has 0 spiro atoms. The van der Waals surface area contributed by atoms with Crippen molar-refractivity contribution >= 4 is 0 Å². The van der Waals surface area contributed by atoms with Crippen LogP contribution in [0.25, 0.3) is 0 Å². The summed E-state index contributed by atoms with van der Waals surface area (Å²) in [5, 5.41) is 11.9. The van der Waals surface area contributed by atoms with Gasteiger partial charge in [-0.3, -0.25) is 0 Å². The maximum atomic E-state index is 8.43. The topological polar surface area (TPSA) is 35.8 Å². The summed E-state index contributed by atoms with van der Waals surface area (Å²) in [5.41, 5.74) is 1.33. The van der Waals surface area contributed by atoms with E-state index in [1.54, 1.807) is 0 Å². The Labute approximate surface area is 91.9 Å². The van der Waals surface area contributed by atoms with Crippen LogP contribution in [0.4, 0.5) is 0 Å². The Kier molecular flexibility index (Phi) is 5.50. The van der Waals surface area contributed by atoms with E-state index in [-0.39, 0.29) is 0 Å². The molecule has 2 nitrogen and oxygen atoms in total. The van der Waals surface area contributed by atoms with Crippen molar-refractivity contribution in [2.45, 2.75) is 32.2 Å². The molecule has 0 aliphatic carbocycles. The van der Waals surface area contributed by atoms with Crippen molar-refractivity contribution in [3.05, 3.63) is 35.9 Å². The summed E-state index contributed by atoms with van der Waals surface area (Å²) in [6.45, 7) is 3.09. The molecular weight excluding hydrogens is 184 g/mol. The van der Waals surface area contributed by atoms with E-state index in [9.17, 15) is 0 Å². The van der Waals surface area contributed by atoms with Gasteiger partial charge in [0.15, 0.2) is 0 Å². The third kappa shape index (κ3) is 4.14. The van der Waals surface area contributed by atoms with Crippen molar-refractivity contribution < 1.29 is 0 Å². The zero-order valence-corrected chi connectivity index (χ0v) is 9.24. The van der Waals surface area contributed by atoms with Crippen LogP contribution in [0.1, 0.15) is 37.8 Å². The summed E-state index contributed by atoms with van der Waals surface area (Å²) in [5.74, 6) is 0. The highest BCUT2D eigenvalue weighted by atomic mass is 14.9. The van der Waals surface area contributed by atoms with E-state index in [0.717, 1.165) is 19.4 Å². The molecule has 15 heavy (non-hydrogen) atoms. The fourth-order valence-electron chi connectivity index (χ4n) is 1.63. The average molecular weight is 202 g/mol. The van der Waals surface area contributed by atoms with Gasteiger partial charge >= 0.3 is 0 Å². The molecule has 0 fully saturated rings. The molecular formula is C13H18N2. The van der Waals surface area contributed by atoms with Crippen LogP contribution in [0.3, 0.4) is 0 Å². The highest BCUT2D eigenvalue weighted by Gasteiger charge is 2.06. The number of rotatable bonds is 6. The van der Waals surface area contributed by atoms with Gasteiger partial charge in [-0.15, -0.1) is 0 Å². The molecule has 1 N–H and O–H groups in total. The number of hydrogen-bond donors (Lipinski definition) is 1. The second-order valence-electron chi connectivity index (χ2n) is 3.59. The zero-order valence-electron chi connectivity index (χ0n) is 9.24. The predicted molar refractivity (Wildman–Crippen MR) is 62.3 cm³/mol. The Bertz CT molecular complexity index is 300. The number of hydrogen-bond acceptors (Lipinski definition) is 2. The molecule has 0 amide bonds. The molecule has 80 valence electrons. The summed E-state index contributed by atoms with van der Waals surface area (Å²) >= 11 is 0. The Hall–Kier alpha value is -1.33. The van der Waals surface area contributed by atoms with E-state index < -0.39 is 0 Å². The Morgan fingerprint density at radius 3 is 2.67 bits per heavy atom. The van der Waals surface area contributed by atoms with Crippen LogP contribution < -0.4 is 5.32 Å². The normalized spacial score (nSPS) is 12.0. The molecule has 0 saturated carbocycles. The van der Waals surface area contributed by atoms with Gasteiger partial charge in [-0.25, -0.2) is 0 Å². The van der Waals surface area contributed by atoms with Gasteiger partial charge in [-0.05, 0) is 24.9 Å². The van der Waals surface area contributed by atoms with Crippen LogP contribution >= 0.6 is 0 Å². The van der Waals surface area contributed by atoms with Crippen LogP contribution in [0.2, 0.25) is 0 Å². The van der Waals surface area contributed by atoms with Gasteiger partial charge in [0.2, 0.25) is 0 Å². The van der Waals surface area contributed by atoms with Crippen molar-refractivity contribution in [3.8, 4) is 6.07 Å². The first-order valence-corrected chi connectivity index (χ1v) is 5.53. The van der Waals surface area contributed by atoms with E-state index in [2.05, 4.69) is 42.6 Å². The Morgan fingerprint density at radius 2 is 2.07 bits per heavy atom. The first kappa shape index (κ1) is 11.7. The van der Waals surface area contributed by atoms with Crippen molar-refractivity contribution in [3.63, 3.8) is 0 Å². The maximum absolute atomic E-state index is 8.43. The lowest BCUT2D eigenvalue weighted by molar-refractivity contribution is 0.513. The van der Waals surface area contributed by atoms with E-state index in [1.165, 1.54) is 5.56 Å². The number of nitrogens with zero attached hydrogens (tertiary/aromatic N) is 1. The van der Waals surface area contributed by atoms with E-state index >= 15 is 0 Å². The molecule has 2 heteroatoms. The largest absolute Gasteiger partial charge is 0.310 e. The summed E-state index contributed by atoms with van der Waals surface area (Å²) in [6.07, 6.45) is 2.65. The quantitative estimate of drug-likeness (QED) is 0.720. The summed E-state index contributed by atoms with van der Waals surface area (Å²) in [6, 6.07) is 13.0. The molecule has 0 aliphatic heterocycles. The molecule has 0 heterocycles. The van der Waals surface area contributed by atoms with E-state index in [4.69, 9.17) is 5.26 Å². The molecule has 0 radical (unpaired) electrons. The van der Waals surface area contributed by atoms with Crippen molar-refractivity contribution in [2.24, 2.45) is 0 Å². The lowest BCUT2D eigenvalue weighted by Crippen LogP contribution is -2.21. The third-order valence-corrected chi connectivity index (χ3v) is 2.47. The number of unbranched alkanes of at least 4 members (excludes halogenated alkanes) is 1. The lowest BCUT2D eigenvalue weighted by atomic mass is 10.0. The second-order valence-corrected chi connectivity index (χ2v) is 3.59. The minimum atomic E-state index is 0.421. The van der Waals surface area contributed by atoms with Gasteiger partial charge in [0.1, 0.15) is 0 Å². The molecule has 0 bridgehead atoms. The lowest BCUT2D eigenvalue weighted by Gasteiger charge is -2.16. The number of benzene rings is 1. The standard InChI is InChI=1S/C13H18N2/c1-2-13(15-11-7-6-10-14)12-8-4-3-5-9-12/h3-5,8-9,13,15H,2,6-7,11H2,1H3. The molecule has 1 atom stereocenters. The molecule has 1 aromatic rings. The van der Waals surface area contributed by atoms with Crippen molar-refractivity contribution in [1.82, 2.24) is 5.32 Å². The van der Waals surface area contributed by atoms with E-state index in [1.807, 2.05) is 6.07 Å². The molecule has 1 aromatic carbocycles. The van der Waals surface area contributed by atoms with Crippen LogP contribution in [0.15, 0.2) is 30.3 Å². The minimum Gasteiger partial charge on any atom is -0.310 e. The predicted octanol–water partition coefficient (Wildman–Crippen LogP) is 3.03. The van der Waals surface area contributed by atoms with Crippen LogP contribution in [0.5, 0.6) is 0 Å². The molecule has 1 rings (SSSR count). The monoisotopic (exact) mass is 202 g/mol. The highest BCUT2D eigenvalue weighted by Crippen LogP contribution is 2.15. The van der Waals surface area contributed by atoms with Gasteiger partial charge in [-0.2, -0.15) is 5.26 Å². The van der Waals surface area contributed by atoms with Gasteiger partial charge in [0.25, 0.3) is 0 Å². The minimum absolute atomic E-state index is 0.421. The third-order valence-electron chi connectivity index (χ3n) is 2.47. The first-order chi connectivity index (χ1) is 7.38. The van der Waals surface area contributed by atoms with Crippen molar-refractivity contribution in [2.75, 3.05) is 6.54 Å². The van der Waals surface area contributed by atoms with Gasteiger partial charge in [-0.1, -0.05) is 37.3 Å². The molecule has 0 aromatic heterocycles.